The van der Waals surface area contributed by atoms with E-state index < -0.39 is 0 Å². The van der Waals surface area contributed by atoms with Gasteiger partial charge in [-0.25, -0.2) is 9.97 Å². The monoisotopic (exact) mass is 589 g/mol. The second-order valence-electron chi connectivity index (χ2n) is 11.4. The summed E-state index contributed by atoms with van der Waals surface area (Å²) in [7, 11) is 0. The maximum atomic E-state index is 6.89. The molecule has 0 atom stereocenters. The van der Waals surface area contributed by atoms with Crippen LogP contribution in [0.3, 0.4) is 0 Å². The van der Waals surface area contributed by atoms with Gasteiger partial charge in [0.05, 0.1) is 16.6 Å². The first-order chi connectivity index (χ1) is 22.8. The largest absolute Gasteiger partial charge is 0.453 e. The van der Waals surface area contributed by atoms with Gasteiger partial charge in [0.1, 0.15) is 17.3 Å². The third-order valence-electron chi connectivity index (χ3n) is 8.62. The second-order valence-corrected chi connectivity index (χ2v) is 11.4. The number of hydrogen-bond donors (Lipinski definition) is 0. The fourth-order valence-electron chi connectivity index (χ4n) is 6.51. The van der Waals surface area contributed by atoms with Gasteiger partial charge < -0.3 is 4.42 Å². The Morgan fingerprint density at radius 2 is 1.04 bits per heavy atom. The Kier molecular flexibility index (Phi) is 6.10. The predicted octanol–water partition coefficient (Wildman–Crippen LogP) is 11.0. The van der Waals surface area contributed by atoms with Crippen LogP contribution in [0.15, 0.2) is 168 Å². The van der Waals surface area contributed by atoms with Gasteiger partial charge in [-0.2, -0.15) is 0 Å². The highest BCUT2D eigenvalue weighted by Crippen LogP contribution is 2.46. The molecule has 0 saturated carbocycles. The smallest absolute Gasteiger partial charge is 0.162 e. The van der Waals surface area contributed by atoms with Crippen LogP contribution in [0.4, 0.5) is 0 Å². The maximum absolute atomic E-state index is 6.89. The molecule has 0 saturated heterocycles. The van der Waals surface area contributed by atoms with Crippen LogP contribution in [0.1, 0.15) is 0 Å². The number of aromatic nitrogens is 3. The highest BCUT2D eigenvalue weighted by molar-refractivity contribution is 6.18. The number of hydrogen-bond acceptors (Lipinski definition) is 3. The Labute approximate surface area is 265 Å². The van der Waals surface area contributed by atoms with Crippen molar-refractivity contribution < 1.29 is 4.42 Å². The minimum Gasteiger partial charge on any atom is -0.453 e. The van der Waals surface area contributed by atoms with Crippen LogP contribution in [0.25, 0.3) is 83.7 Å². The fourth-order valence-corrected chi connectivity index (χ4v) is 6.51. The van der Waals surface area contributed by atoms with E-state index in [9.17, 15) is 0 Å². The average Bonchev–Trinajstić information content (AvgIpc) is 3.73. The Bertz CT molecular complexity index is 2500. The molecule has 0 unspecified atom stereocenters. The van der Waals surface area contributed by atoms with Crippen molar-refractivity contribution in [2.24, 2.45) is 0 Å². The van der Waals surface area contributed by atoms with E-state index in [1.54, 1.807) is 0 Å². The second kappa shape index (κ2) is 10.7. The zero-order valence-corrected chi connectivity index (χ0v) is 24.8. The molecule has 0 amide bonds. The molecule has 0 radical (unpaired) electrons. The van der Waals surface area contributed by atoms with Gasteiger partial charge in [-0.1, -0.05) is 133 Å². The first kappa shape index (κ1) is 26.2. The molecule has 4 nitrogen and oxygen atoms in total. The minimum atomic E-state index is 0.786. The Morgan fingerprint density at radius 3 is 1.78 bits per heavy atom. The fraction of sp³-hybridized carbons (Fsp3) is 0. The molecule has 9 aromatic rings. The van der Waals surface area contributed by atoms with E-state index in [1.807, 2.05) is 42.5 Å². The van der Waals surface area contributed by atoms with Crippen molar-refractivity contribution in [3.05, 3.63) is 164 Å². The van der Waals surface area contributed by atoms with Gasteiger partial charge in [-0.15, -0.1) is 0 Å². The van der Waals surface area contributed by atoms with Crippen molar-refractivity contribution in [2.45, 2.75) is 0 Å². The number of imidazole rings is 1. The molecule has 46 heavy (non-hydrogen) atoms. The molecule has 3 aromatic heterocycles. The first-order valence-corrected chi connectivity index (χ1v) is 15.4. The lowest BCUT2D eigenvalue weighted by Gasteiger charge is -2.11. The van der Waals surface area contributed by atoms with Crippen LogP contribution in [0.2, 0.25) is 0 Å². The molecule has 0 aliphatic rings. The third kappa shape index (κ3) is 4.23. The summed E-state index contributed by atoms with van der Waals surface area (Å²) >= 11 is 0. The molecule has 0 fully saturated rings. The van der Waals surface area contributed by atoms with E-state index in [1.165, 1.54) is 0 Å². The van der Waals surface area contributed by atoms with Gasteiger partial charge in [-0.3, -0.25) is 4.57 Å². The van der Waals surface area contributed by atoms with Crippen molar-refractivity contribution in [1.29, 1.82) is 0 Å². The van der Waals surface area contributed by atoms with Crippen LogP contribution in [0, 0.1) is 0 Å². The van der Waals surface area contributed by atoms with E-state index in [2.05, 4.69) is 126 Å². The van der Waals surface area contributed by atoms with E-state index in [4.69, 9.17) is 14.4 Å². The minimum absolute atomic E-state index is 0.786. The Balaban J connectivity index is 1.30. The molecule has 3 heterocycles. The normalized spacial score (nSPS) is 11.5. The number of furan rings is 1. The average molecular weight is 590 g/mol. The maximum Gasteiger partial charge on any atom is 0.162 e. The molecule has 216 valence electrons. The van der Waals surface area contributed by atoms with Crippen LogP contribution in [0.5, 0.6) is 0 Å². The molecular formula is C42H27N3O. The van der Waals surface area contributed by atoms with Crippen molar-refractivity contribution in [1.82, 2.24) is 14.5 Å². The summed E-state index contributed by atoms with van der Waals surface area (Å²) in [5.41, 5.74) is 10.9. The van der Waals surface area contributed by atoms with Crippen LogP contribution < -0.4 is 0 Å². The van der Waals surface area contributed by atoms with Crippen LogP contribution in [-0.4, -0.2) is 14.5 Å². The number of rotatable bonds is 5. The van der Waals surface area contributed by atoms with Crippen molar-refractivity contribution in [2.75, 3.05) is 0 Å². The zero-order valence-electron chi connectivity index (χ0n) is 24.8. The first-order valence-electron chi connectivity index (χ1n) is 15.4. The summed E-state index contributed by atoms with van der Waals surface area (Å²) in [4.78, 5) is 10.2. The Hall–Kier alpha value is -6.26. The van der Waals surface area contributed by atoms with Gasteiger partial charge in [0, 0.05) is 38.7 Å². The molecule has 6 aromatic carbocycles. The summed E-state index contributed by atoms with van der Waals surface area (Å²) < 4.78 is 9.12. The lowest BCUT2D eigenvalue weighted by molar-refractivity contribution is 0.632. The molecular weight excluding hydrogens is 562 g/mol. The number of fused-ring (bicyclic) bond motifs is 4. The molecule has 0 N–H and O–H groups in total. The van der Waals surface area contributed by atoms with Gasteiger partial charge >= 0.3 is 0 Å². The number of nitrogens with zero attached hydrogens (tertiary/aromatic N) is 3. The van der Waals surface area contributed by atoms with Gasteiger partial charge in [0.2, 0.25) is 0 Å². The summed E-state index contributed by atoms with van der Waals surface area (Å²) in [5, 5.41) is 2.13. The van der Waals surface area contributed by atoms with E-state index in [0.29, 0.717) is 0 Å². The molecule has 9 rings (SSSR count). The van der Waals surface area contributed by atoms with E-state index in [0.717, 1.165) is 83.7 Å². The summed E-state index contributed by atoms with van der Waals surface area (Å²) in [6.07, 6.45) is 0. The van der Waals surface area contributed by atoms with Crippen LogP contribution >= 0.6 is 0 Å². The molecule has 4 heteroatoms. The van der Waals surface area contributed by atoms with Crippen molar-refractivity contribution >= 4 is 32.9 Å². The van der Waals surface area contributed by atoms with Gasteiger partial charge in [0.25, 0.3) is 0 Å². The SMILES string of the molecule is c1ccc(-c2oc3c(-c4ccccc4)nc4ccccc4c3c2-c2ccc(-c3nc4ccccc4n3-c3ccccc3)cc2)cc1. The topological polar surface area (TPSA) is 43.9 Å². The summed E-state index contributed by atoms with van der Waals surface area (Å²) in [5.74, 6) is 1.73. The molecule has 0 aliphatic carbocycles. The summed E-state index contributed by atoms with van der Waals surface area (Å²) in [6, 6.07) is 56.4. The molecule has 0 bridgehead atoms. The van der Waals surface area contributed by atoms with Gasteiger partial charge in [-0.05, 0) is 35.9 Å². The van der Waals surface area contributed by atoms with E-state index in [-0.39, 0.29) is 0 Å². The molecule has 0 spiro atoms. The number of para-hydroxylation sites is 4. The standard InChI is InChI=1S/C42H27N3O/c1-4-14-29(15-5-1)39-41-38(33-20-10-11-21-34(33)43-39)37(40(46-41)30-16-6-2-7-17-30)28-24-26-31(27-25-28)42-44-35-22-12-13-23-36(35)45(42)32-18-8-3-9-19-32/h1-27H. The van der Waals surface area contributed by atoms with Crippen molar-refractivity contribution in [3.8, 4) is 50.8 Å². The van der Waals surface area contributed by atoms with E-state index >= 15 is 0 Å². The van der Waals surface area contributed by atoms with Crippen LogP contribution in [-0.2, 0) is 0 Å². The number of pyridine rings is 1. The Morgan fingerprint density at radius 1 is 0.457 bits per heavy atom. The molecule has 0 aliphatic heterocycles. The third-order valence-corrected chi connectivity index (χ3v) is 8.62. The summed E-state index contributed by atoms with van der Waals surface area (Å²) in [6.45, 7) is 0. The number of benzene rings is 6. The highest BCUT2D eigenvalue weighted by atomic mass is 16.3. The zero-order chi connectivity index (χ0) is 30.5. The highest BCUT2D eigenvalue weighted by Gasteiger charge is 2.24. The lowest BCUT2D eigenvalue weighted by atomic mass is 9.95. The quantitative estimate of drug-likeness (QED) is 0.201. The van der Waals surface area contributed by atoms with Crippen molar-refractivity contribution in [3.63, 3.8) is 0 Å². The van der Waals surface area contributed by atoms with Gasteiger partial charge in [0.15, 0.2) is 5.58 Å². The predicted molar refractivity (Wildman–Crippen MR) is 188 cm³/mol. The lowest BCUT2D eigenvalue weighted by Crippen LogP contribution is -1.97.